The molecular weight excluding hydrogens is 332 g/mol. The van der Waals surface area contributed by atoms with Crippen LogP contribution in [0.4, 0.5) is 5.82 Å². The molecule has 0 radical (unpaired) electrons. The van der Waals surface area contributed by atoms with Crippen molar-refractivity contribution in [2.24, 2.45) is 5.92 Å². The van der Waals surface area contributed by atoms with Crippen LogP contribution in [0.1, 0.15) is 12.8 Å². The van der Waals surface area contributed by atoms with Gasteiger partial charge in [-0.2, -0.15) is 5.10 Å². The van der Waals surface area contributed by atoms with Gasteiger partial charge in [-0.05, 0) is 31.0 Å². The molecule has 0 unspecified atom stereocenters. The average Bonchev–Trinajstić information content (AvgIpc) is 3.03. The van der Waals surface area contributed by atoms with Crippen LogP contribution in [0.15, 0.2) is 36.5 Å². The SMILES string of the molecule is O=C(Nc1ccnn1-c1cccc(Cl)c1)[C@H]1CC[C@@H](C(=O)O)NC1. The summed E-state index contributed by atoms with van der Waals surface area (Å²) in [4.78, 5) is 23.4. The number of hydrogen-bond donors (Lipinski definition) is 3. The van der Waals surface area contributed by atoms with Crippen molar-refractivity contribution in [3.63, 3.8) is 0 Å². The van der Waals surface area contributed by atoms with Crippen LogP contribution in [0.5, 0.6) is 0 Å². The molecule has 8 heteroatoms. The number of amides is 1. The van der Waals surface area contributed by atoms with Gasteiger partial charge in [0.05, 0.1) is 17.8 Å². The van der Waals surface area contributed by atoms with Gasteiger partial charge in [-0.15, -0.1) is 0 Å². The lowest BCUT2D eigenvalue weighted by atomic mass is 9.94. The first-order valence-electron chi connectivity index (χ1n) is 7.61. The van der Waals surface area contributed by atoms with Crippen LogP contribution in [0, 0.1) is 5.92 Å². The molecule has 0 saturated carbocycles. The van der Waals surface area contributed by atoms with E-state index in [9.17, 15) is 9.59 Å². The molecule has 1 saturated heterocycles. The van der Waals surface area contributed by atoms with E-state index >= 15 is 0 Å². The fourth-order valence-electron chi connectivity index (χ4n) is 2.73. The smallest absolute Gasteiger partial charge is 0.320 e. The van der Waals surface area contributed by atoms with Gasteiger partial charge in [0.2, 0.25) is 5.91 Å². The third-order valence-corrected chi connectivity index (χ3v) is 4.27. The van der Waals surface area contributed by atoms with E-state index in [0.29, 0.717) is 30.2 Å². The molecule has 3 rings (SSSR count). The predicted molar refractivity (Wildman–Crippen MR) is 89.4 cm³/mol. The second kappa shape index (κ2) is 7.02. The Balaban J connectivity index is 1.68. The van der Waals surface area contributed by atoms with E-state index in [2.05, 4.69) is 15.7 Å². The number of nitrogens with zero attached hydrogens (tertiary/aromatic N) is 2. The molecule has 1 aromatic carbocycles. The monoisotopic (exact) mass is 348 g/mol. The number of anilines is 1. The van der Waals surface area contributed by atoms with Crippen LogP contribution in [0.3, 0.4) is 0 Å². The van der Waals surface area contributed by atoms with E-state index in [0.717, 1.165) is 5.69 Å². The summed E-state index contributed by atoms with van der Waals surface area (Å²) in [6.45, 7) is 0.341. The Hall–Kier alpha value is -2.38. The molecule has 7 nitrogen and oxygen atoms in total. The van der Waals surface area contributed by atoms with E-state index in [-0.39, 0.29) is 11.8 Å². The van der Waals surface area contributed by atoms with Crippen molar-refractivity contribution in [2.75, 3.05) is 11.9 Å². The molecule has 0 spiro atoms. The van der Waals surface area contributed by atoms with Gasteiger partial charge >= 0.3 is 5.97 Å². The number of aliphatic carboxylic acids is 1. The summed E-state index contributed by atoms with van der Waals surface area (Å²) in [5.74, 6) is -0.769. The lowest BCUT2D eigenvalue weighted by Gasteiger charge is -2.26. The molecule has 1 aliphatic rings. The zero-order chi connectivity index (χ0) is 17.1. The van der Waals surface area contributed by atoms with Crippen molar-refractivity contribution in [3.05, 3.63) is 41.6 Å². The Bertz CT molecular complexity index is 753. The molecule has 0 aliphatic carbocycles. The second-order valence-corrected chi connectivity index (χ2v) is 6.11. The summed E-state index contributed by atoms with van der Waals surface area (Å²) in [6.07, 6.45) is 2.55. The van der Waals surface area contributed by atoms with Crippen molar-refractivity contribution in [1.82, 2.24) is 15.1 Å². The van der Waals surface area contributed by atoms with E-state index in [4.69, 9.17) is 16.7 Å². The zero-order valence-electron chi connectivity index (χ0n) is 12.8. The van der Waals surface area contributed by atoms with Crippen LogP contribution in [-0.2, 0) is 9.59 Å². The Morgan fingerprint density at radius 3 is 2.83 bits per heavy atom. The maximum Gasteiger partial charge on any atom is 0.320 e. The number of carbonyl (C=O) groups is 2. The van der Waals surface area contributed by atoms with Crippen LogP contribution in [0.2, 0.25) is 5.02 Å². The number of carboxylic acids is 1. The van der Waals surface area contributed by atoms with Crippen molar-refractivity contribution in [2.45, 2.75) is 18.9 Å². The summed E-state index contributed by atoms with van der Waals surface area (Å²) < 4.78 is 1.60. The minimum absolute atomic E-state index is 0.157. The number of aromatic nitrogens is 2. The van der Waals surface area contributed by atoms with E-state index in [1.54, 1.807) is 29.1 Å². The standard InChI is InChI=1S/C16H17ClN4O3/c17-11-2-1-3-12(8-11)21-14(6-7-19-21)20-15(22)10-4-5-13(16(23)24)18-9-10/h1-3,6-8,10,13,18H,4-5,9H2,(H,20,22)(H,23,24)/t10-,13-/m0/s1. The highest BCUT2D eigenvalue weighted by Gasteiger charge is 2.29. The van der Waals surface area contributed by atoms with Crippen LogP contribution >= 0.6 is 11.6 Å². The van der Waals surface area contributed by atoms with Crippen molar-refractivity contribution in [1.29, 1.82) is 0 Å². The van der Waals surface area contributed by atoms with Gasteiger partial charge in [-0.3, -0.25) is 9.59 Å². The summed E-state index contributed by atoms with van der Waals surface area (Å²) in [7, 11) is 0. The van der Waals surface area contributed by atoms with Gasteiger partial charge < -0.3 is 15.7 Å². The second-order valence-electron chi connectivity index (χ2n) is 5.67. The minimum Gasteiger partial charge on any atom is -0.480 e. The van der Waals surface area contributed by atoms with Gasteiger partial charge in [-0.1, -0.05) is 17.7 Å². The fraction of sp³-hybridized carbons (Fsp3) is 0.312. The Morgan fingerprint density at radius 2 is 2.17 bits per heavy atom. The normalized spacial score (nSPS) is 20.5. The van der Waals surface area contributed by atoms with E-state index < -0.39 is 12.0 Å². The lowest BCUT2D eigenvalue weighted by molar-refractivity contribution is -0.141. The zero-order valence-corrected chi connectivity index (χ0v) is 13.5. The highest BCUT2D eigenvalue weighted by Crippen LogP contribution is 2.21. The van der Waals surface area contributed by atoms with Crippen molar-refractivity contribution < 1.29 is 14.7 Å². The largest absolute Gasteiger partial charge is 0.480 e. The lowest BCUT2D eigenvalue weighted by Crippen LogP contribution is -2.47. The van der Waals surface area contributed by atoms with Gasteiger partial charge in [-0.25, -0.2) is 4.68 Å². The minimum atomic E-state index is -0.882. The number of piperidine rings is 1. The molecule has 1 aliphatic heterocycles. The van der Waals surface area contributed by atoms with Crippen molar-refractivity contribution >= 4 is 29.3 Å². The molecule has 1 amide bonds. The molecule has 2 aromatic rings. The molecule has 3 N–H and O–H groups in total. The number of carbonyl (C=O) groups excluding carboxylic acids is 1. The van der Waals surface area contributed by atoms with Crippen LogP contribution < -0.4 is 10.6 Å². The molecule has 0 bridgehead atoms. The van der Waals surface area contributed by atoms with Gasteiger partial charge in [0.25, 0.3) is 0 Å². The number of nitrogens with one attached hydrogen (secondary N) is 2. The van der Waals surface area contributed by atoms with E-state index in [1.165, 1.54) is 0 Å². The first-order chi connectivity index (χ1) is 11.5. The highest BCUT2D eigenvalue weighted by atomic mass is 35.5. The van der Waals surface area contributed by atoms with E-state index in [1.807, 2.05) is 12.1 Å². The van der Waals surface area contributed by atoms with Crippen LogP contribution in [0.25, 0.3) is 5.69 Å². The summed E-state index contributed by atoms with van der Waals surface area (Å²) >= 11 is 6.00. The van der Waals surface area contributed by atoms with Gasteiger partial charge in [0.1, 0.15) is 11.9 Å². The maximum absolute atomic E-state index is 12.4. The molecule has 1 aromatic heterocycles. The average molecular weight is 349 g/mol. The molecule has 24 heavy (non-hydrogen) atoms. The van der Waals surface area contributed by atoms with Crippen molar-refractivity contribution in [3.8, 4) is 5.69 Å². The Morgan fingerprint density at radius 1 is 1.33 bits per heavy atom. The van der Waals surface area contributed by atoms with Gasteiger partial charge in [0, 0.05) is 17.6 Å². The number of rotatable bonds is 4. The maximum atomic E-state index is 12.4. The first-order valence-corrected chi connectivity index (χ1v) is 7.99. The number of carboxylic acid groups (broad SMARTS) is 1. The summed E-state index contributed by atoms with van der Waals surface area (Å²) in [6, 6.07) is 8.29. The number of benzene rings is 1. The molecule has 2 atom stereocenters. The third-order valence-electron chi connectivity index (χ3n) is 4.03. The molecule has 126 valence electrons. The Kier molecular flexibility index (Phi) is 4.82. The quantitative estimate of drug-likeness (QED) is 0.784. The number of hydrogen-bond acceptors (Lipinski definition) is 4. The first kappa shape index (κ1) is 16.5. The molecule has 2 heterocycles. The van der Waals surface area contributed by atoms with Gasteiger partial charge in [0.15, 0.2) is 0 Å². The summed E-state index contributed by atoms with van der Waals surface area (Å²) in [5, 5.41) is 19.5. The molecule has 1 fully saturated rings. The molecular formula is C16H17ClN4O3. The van der Waals surface area contributed by atoms with Crippen LogP contribution in [-0.4, -0.2) is 39.4 Å². The third kappa shape index (κ3) is 3.58. The number of halogens is 1. The highest BCUT2D eigenvalue weighted by molar-refractivity contribution is 6.30. The topological polar surface area (TPSA) is 96.2 Å². The predicted octanol–water partition coefficient (Wildman–Crippen LogP) is 1.92. The summed E-state index contributed by atoms with van der Waals surface area (Å²) in [5.41, 5.74) is 0.746. The Labute approximate surface area is 143 Å². The fourth-order valence-corrected chi connectivity index (χ4v) is 2.92.